The van der Waals surface area contributed by atoms with Crippen LogP contribution >= 0.6 is 0 Å². The van der Waals surface area contributed by atoms with Crippen LogP contribution in [0.25, 0.3) is 0 Å². The SMILES string of the molecule is CCOC(=O)C1=CC(c2ccccc2)=NC1c1ccc([N+](=O)[O-])cc1. The molecule has 1 heterocycles. The summed E-state index contributed by atoms with van der Waals surface area (Å²) in [5.74, 6) is -0.430. The Morgan fingerprint density at radius 3 is 2.44 bits per heavy atom. The third-order valence-corrected chi connectivity index (χ3v) is 3.86. The number of hydrogen-bond donors (Lipinski definition) is 0. The van der Waals surface area contributed by atoms with Crippen LogP contribution in [-0.2, 0) is 9.53 Å². The molecule has 2 aromatic rings. The van der Waals surface area contributed by atoms with Crippen molar-refractivity contribution in [2.45, 2.75) is 13.0 Å². The van der Waals surface area contributed by atoms with Crippen molar-refractivity contribution in [2.24, 2.45) is 4.99 Å². The van der Waals surface area contributed by atoms with Crippen molar-refractivity contribution >= 4 is 17.4 Å². The molecule has 0 fully saturated rings. The summed E-state index contributed by atoms with van der Waals surface area (Å²) in [6, 6.07) is 15.1. The number of aliphatic imine (C=N–C) groups is 1. The van der Waals surface area contributed by atoms with E-state index in [2.05, 4.69) is 4.99 Å². The number of nitrogens with zero attached hydrogens (tertiary/aromatic N) is 2. The molecule has 0 bridgehead atoms. The molecule has 0 amide bonds. The van der Waals surface area contributed by atoms with Crippen LogP contribution in [0.1, 0.15) is 24.1 Å². The molecular weight excluding hydrogens is 320 g/mol. The van der Waals surface area contributed by atoms with Crippen molar-refractivity contribution in [1.29, 1.82) is 0 Å². The molecule has 0 radical (unpaired) electrons. The van der Waals surface area contributed by atoms with Gasteiger partial charge in [-0.05, 0) is 36.3 Å². The van der Waals surface area contributed by atoms with Crippen LogP contribution in [0, 0.1) is 10.1 Å². The van der Waals surface area contributed by atoms with Crippen molar-refractivity contribution in [3.05, 3.63) is 87.5 Å². The first-order valence-corrected chi connectivity index (χ1v) is 7.86. The first-order valence-electron chi connectivity index (χ1n) is 7.86. The van der Waals surface area contributed by atoms with Crippen molar-refractivity contribution < 1.29 is 14.5 Å². The number of ether oxygens (including phenoxy) is 1. The van der Waals surface area contributed by atoms with Gasteiger partial charge in [0.25, 0.3) is 5.69 Å². The summed E-state index contributed by atoms with van der Waals surface area (Å²) >= 11 is 0. The van der Waals surface area contributed by atoms with Gasteiger partial charge in [-0.25, -0.2) is 4.79 Å². The molecule has 126 valence electrons. The Bertz CT molecular complexity index is 855. The van der Waals surface area contributed by atoms with Gasteiger partial charge in [-0.3, -0.25) is 15.1 Å². The Labute approximate surface area is 144 Å². The van der Waals surface area contributed by atoms with Crippen LogP contribution in [0.4, 0.5) is 5.69 Å². The fraction of sp³-hybridized carbons (Fsp3) is 0.158. The first-order chi connectivity index (χ1) is 12.1. The number of carbonyl (C=O) groups excluding carboxylic acids is 1. The van der Waals surface area contributed by atoms with Gasteiger partial charge in [-0.2, -0.15) is 0 Å². The van der Waals surface area contributed by atoms with Crippen LogP contribution < -0.4 is 0 Å². The minimum Gasteiger partial charge on any atom is -0.463 e. The summed E-state index contributed by atoms with van der Waals surface area (Å²) in [4.78, 5) is 27.3. The lowest BCUT2D eigenvalue weighted by molar-refractivity contribution is -0.384. The zero-order valence-corrected chi connectivity index (χ0v) is 13.6. The van der Waals surface area contributed by atoms with Gasteiger partial charge in [0.2, 0.25) is 0 Å². The normalized spacial score (nSPS) is 16.1. The molecule has 0 saturated carbocycles. The highest BCUT2D eigenvalue weighted by molar-refractivity contribution is 6.15. The van der Waals surface area contributed by atoms with Crippen LogP contribution in [-0.4, -0.2) is 23.2 Å². The maximum Gasteiger partial charge on any atom is 0.336 e. The number of nitro groups is 1. The van der Waals surface area contributed by atoms with E-state index < -0.39 is 16.9 Å². The van der Waals surface area contributed by atoms with E-state index in [1.807, 2.05) is 30.3 Å². The maximum atomic E-state index is 12.3. The highest BCUT2D eigenvalue weighted by atomic mass is 16.6. The third kappa shape index (κ3) is 3.47. The van der Waals surface area contributed by atoms with Crippen LogP contribution in [0.3, 0.4) is 0 Å². The lowest BCUT2D eigenvalue weighted by Gasteiger charge is -2.12. The van der Waals surface area contributed by atoms with Gasteiger partial charge in [-0.1, -0.05) is 30.3 Å². The van der Waals surface area contributed by atoms with Gasteiger partial charge in [0.05, 0.1) is 22.8 Å². The Morgan fingerprint density at radius 1 is 1.16 bits per heavy atom. The van der Waals surface area contributed by atoms with Crippen molar-refractivity contribution in [3.63, 3.8) is 0 Å². The highest BCUT2D eigenvalue weighted by Crippen LogP contribution is 2.33. The second-order valence-electron chi connectivity index (χ2n) is 5.45. The summed E-state index contributed by atoms with van der Waals surface area (Å²) in [7, 11) is 0. The number of non-ortho nitro benzene ring substituents is 1. The van der Waals surface area contributed by atoms with E-state index in [9.17, 15) is 14.9 Å². The predicted molar refractivity (Wildman–Crippen MR) is 93.5 cm³/mol. The van der Waals surface area contributed by atoms with Crippen LogP contribution in [0.5, 0.6) is 0 Å². The number of esters is 1. The lowest BCUT2D eigenvalue weighted by Crippen LogP contribution is -2.12. The molecule has 1 atom stereocenters. The van der Waals surface area contributed by atoms with Gasteiger partial charge in [0, 0.05) is 12.1 Å². The molecule has 0 spiro atoms. The fourth-order valence-corrected chi connectivity index (χ4v) is 2.66. The molecule has 0 aromatic heterocycles. The molecule has 6 nitrogen and oxygen atoms in total. The standard InChI is InChI=1S/C19H16N2O4/c1-2-25-19(22)16-12-17(13-6-4-3-5-7-13)20-18(16)14-8-10-15(11-9-14)21(23)24/h3-12,18H,2H2,1H3. The molecule has 1 aliphatic heterocycles. The first kappa shape index (κ1) is 16.6. The molecule has 0 aliphatic carbocycles. The molecule has 0 N–H and O–H groups in total. The van der Waals surface area contributed by atoms with E-state index in [0.717, 1.165) is 5.56 Å². The summed E-state index contributed by atoms with van der Waals surface area (Å²) < 4.78 is 5.13. The molecule has 1 unspecified atom stereocenters. The van der Waals surface area contributed by atoms with Gasteiger partial charge in [-0.15, -0.1) is 0 Å². The van der Waals surface area contributed by atoms with E-state index in [4.69, 9.17) is 4.74 Å². The summed E-state index contributed by atoms with van der Waals surface area (Å²) in [6.45, 7) is 2.01. The molecular formula is C19H16N2O4. The minimum absolute atomic E-state index is 0.00401. The minimum atomic E-state index is -0.532. The van der Waals surface area contributed by atoms with Gasteiger partial charge < -0.3 is 4.74 Å². The molecule has 1 aliphatic rings. The molecule has 3 rings (SSSR count). The predicted octanol–water partition coefficient (Wildman–Crippen LogP) is 3.63. The largest absolute Gasteiger partial charge is 0.463 e. The monoisotopic (exact) mass is 336 g/mol. The van der Waals surface area contributed by atoms with E-state index in [-0.39, 0.29) is 12.3 Å². The van der Waals surface area contributed by atoms with Crippen molar-refractivity contribution in [2.75, 3.05) is 6.61 Å². The smallest absolute Gasteiger partial charge is 0.336 e. The van der Waals surface area contributed by atoms with Gasteiger partial charge in [0.15, 0.2) is 0 Å². The Hall–Kier alpha value is -3.28. The zero-order valence-electron chi connectivity index (χ0n) is 13.6. The van der Waals surface area contributed by atoms with Crippen LogP contribution in [0.2, 0.25) is 0 Å². The Kier molecular flexibility index (Phi) is 4.70. The lowest BCUT2D eigenvalue weighted by atomic mass is 10.00. The third-order valence-electron chi connectivity index (χ3n) is 3.86. The number of nitro benzene ring substituents is 1. The number of hydrogen-bond acceptors (Lipinski definition) is 5. The number of carbonyl (C=O) groups is 1. The van der Waals surface area contributed by atoms with Gasteiger partial charge in [0.1, 0.15) is 6.04 Å². The van der Waals surface area contributed by atoms with Crippen molar-refractivity contribution in [1.82, 2.24) is 0 Å². The number of benzene rings is 2. The fourth-order valence-electron chi connectivity index (χ4n) is 2.66. The maximum absolute atomic E-state index is 12.3. The van der Waals surface area contributed by atoms with E-state index in [1.54, 1.807) is 25.1 Å². The highest BCUT2D eigenvalue weighted by Gasteiger charge is 2.29. The molecule has 2 aromatic carbocycles. The average molecular weight is 336 g/mol. The van der Waals surface area contributed by atoms with E-state index >= 15 is 0 Å². The van der Waals surface area contributed by atoms with E-state index in [0.29, 0.717) is 16.8 Å². The van der Waals surface area contributed by atoms with E-state index in [1.165, 1.54) is 12.1 Å². The summed E-state index contributed by atoms with van der Waals surface area (Å²) in [6.07, 6.45) is 1.72. The summed E-state index contributed by atoms with van der Waals surface area (Å²) in [5, 5.41) is 10.8. The zero-order chi connectivity index (χ0) is 17.8. The topological polar surface area (TPSA) is 81.8 Å². The number of allylic oxidation sites excluding steroid dienone is 1. The number of rotatable bonds is 5. The second kappa shape index (κ2) is 7.09. The average Bonchev–Trinajstić information content (AvgIpc) is 3.08. The van der Waals surface area contributed by atoms with Crippen LogP contribution in [0.15, 0.2) is 71.2 Å². The van der Waals surface area contributed by atoms with Gasteiger partial charge >= 0.3 is 5.97 Å². The van der Waals surface area contributed by atoms with Crippen molar-refractivity contribution in [3.8, 4) is 0 Å². The molecule has 25 heavy (non-hydrogen) atoms. The Balaban J connectivity index is 1.99. The Morgan fingerprint density at radius 2 is 1.84 bits per heavy atom. The quantitative estimate of drug-likeness (QED) is 0.474. The molecule has 0 saturated heterocycles. The second-order valence-corrected chi connectivity index (χ2v) is 5.45. The summed E-state index contributed by atoms with van der Waals surface area (Å²) in [5.41, 5.74) is 2.71. The molecule has 6 heteroatoms.